The average molecular weight is 331 g/mol. The highest BCUT2D eigenvalue weighted by molar-refractivity contribution is 5.99. The molecule has 1 aromatic rings. The summed E-state index contributed by atoms with van der Waals surface area (Å²) in [5, 5.41) is 9.20. The van der Waals surface area contributed by atoms with Gasteiger partial charge in [-0.15, -0.1) is 0 Å². The van der Waals surface area contributed by atoms with E-state index < -0.39 is 0 Å². The Balaban J connectivity index is 2.03. The van der Waals surface area contributed by atoms with E-state index >= 15 is 0 Å². The smallest absolute Gasteiger partial charge is 0.249 e. The maximum atomic E-state index is 12.5. The first-order chi connectivity index (χ1) is 11.6. The molecule has 1 heterocycles. The van der Waals surface area contributed by atoms with E-state index in [-0.39, 0.29) is 31.0 Å². The number of carbonyl (C=O) groups excluding carboxylic acids is 2. The SMILES string of the molecule is COCCOCC(=O)N1CC(=O)N(c2ccccc2C#N)C[C@H]1C. The number of methoxy groups -OCH3 is 1. The van der Waals surface area contributed by atoms with Crippen molar-refractivity contribution in [3.63, 3.8) is 0 Å². The molecule has 1 atom stereocenters. The van der Waals surface area contributed by atoms with Crippen LogP contribution in [0.1, 0.15) is 12.5 Å². The summed E-state index contributed by atoms with van der Waals surface area (Å²) in [4.78, 5) is 27.8. The summed E-state index contributed by atoms with van der Waals surface area (Å²) < 4.78 is 10.1. The minimum Gasteiger partial charge on any atom is -0.382 e. The number of benzene rings is 1. The standard InChI is InChI=1S/C17H21N3O4/c1-13-10-20(15-6-4-3-5-14(15)9-18)16(21)11-19(13)17(22)12-24-8-7-23-2/h3-6,13H,7-8,10-12H2,1-2H3/t13-/m1/s1. The molecule has 2 rings (SSSR count). The molecule has 2 amide bonds. The summed E-state index contributed by atoms with van der Waals surface area (Å²) >= 11 is 0. The second kappa shape index (κ2) is 8.43. The van der Waals surface area contributed by atoms with Gasteiger partial charge in [0.1, 0.15) is 19.2 Å². The highest BCUT2D eigenvalue weighted by atomic mass is 16.5. The second-order valence-electron chi connectivity index (χ2n) is 5.55. The van der Waals surface area contributed by atoms with Crippen LogP contribution in [-0.2, 0) is 19.1 Å². The molecule has 128 valence electrons. The average Bonchev–Trinajstić information content (AvgIpc) is 2.60. The fourth-order valence-corrected chi connectivity index (χ4v) is 2.61. The van der Waals surface area contributed by atoms with Crippen LogP contribution in [0.2, 0.25) is 0 Å². The third kappa shape index (κ3) is 4.10. The van der Waals surface area contributed by atoms with Crippen LogP contribution in [-0.4, -0.2) is 62.8 Å². The van der Waals surface area contributed by atoms with Crippen molar-refractivity contribution in [1.29, 1.82) is 5.26 Å². The lowest BCUT2D eigenvalue weighted by Gasteiger charge is -2.39. The molecular weight excluding hydrogens is 310 g/mol. The number of rotatable bonds is 6. The van der Waals surface area contributed by atoms with Crippen LogP contribution in [0, 0.1) is 11.3 Å². The van der Waals surface area contributed by atoms with Crippen molar-refractivity contribution < 1.29 is 19.1 Å². The van der Waals surface area contributed by atoms with Gasteiger partial charge in [0, 0.05) is 19.7 Å². The van der Waals surface area contributed by atoms with Crippen molar-refractivity contribution in [2.45, 2.75) is 13.0 Å². The number of ether oxygens (including phenoxy) is 2. The number of amides is 2. The lowest BCUT2D eigenvalue weighted by molar-refractivity contribution is -0.143. The van der Waals surface area contributed by atoms with Crippen molar-refractivity contribution in [2.24, 2.45) is 0 Å². The van der Waals surface area contributed by atoms with Gasteiger partial charge in [0.2, 0.25) is 11.8 Å². The molecule has 7 nitrogen and oxygen atoms in total. The first-order valence-electron chi connectivity index (χ1n) is 7.74. The number of piperazine rings is 1. The monoisotopic (exact) mass is 331 g/mol. The van der Waals surface area contributed by atoms with Crippen molar-refractivity contribution in [3.05, 3.63) is 29.8 Å². The molecule has 0 spiro atoms. The maximum absolute atomic E-state index is 12.5. The van der Waals surface area contributed by atoms with E-state index in [0.717, 1.165) is 0 Å². The molecule has 0 aromatic heterocycles. The minimum absolute atomic E-state index is 0.0204. The Morgan fingerprint density at radius 1 is 1.38 bits per heavy atom. The van der Waals surface area contributed by atoms with Crippen LogP contribution in [0.4, 0.5) is 5.69 Å². The quantitative estimate of drug-likeness (QED) is 0.720. The molecule has 0 bridgehead atoms. The third-order valence-corrected chi connectivity index (χ3v) is 3.88. The van der Waals surface area contributed by atoms with Gasteiger partial charge in [0.25, 0.3) is 0 Å². The Hall–Kier alpha value is -2.43. The fourth-order valence-electron chi connectivity index (χ4n) is 2.61. The van der Waals surface area contributed by atoms with E-state index in [2.05, 4.69) is 6.07 Å². The number of anilines is 1. The van der Waals surface area contributed by atoms with E-state index in [1.807, 2.05) is 6.92 Å². The predicted molar refractivity (Wildman–Crippen MR) is 87.4 cm³/mol. The van der Waals surface area contributed by atoms with Gasteiger partial charge in [-0.1, -0.05) is 12.1 Å². The summed E-state index contributed by atoms with van der Waals surface area (Å²) in [5.41, 5.74) is 1.03. The van der Waals surface area contributed by atoms with E-state index in [4.69, 9.17) is 9.47 Å². The normalized spacial score (nSPS) is 17.7. The number of nitrogens with zero attached hydrogens (tertiary/aromatic N) is 3. The summed E-state index contributed by atoms with van der Waals surface area (Å²) in [5.74, 6) is -0.429. The zero-order valence-electron chi connectivity index (χ0n) is 13.9. The largest absolute Gasteiger partial charge is 0.382 e. The van der Waals surface area contributed by atoms with E-state index in [9.17, 15) is 14.9 Å². The molecule has 1 fully saturated rings. The molecular formula is C17H21N3O4. The number of hydrogen-bond acceptors (Lipinski definition) is 5. The summed E-state index contributed by atoms with van der Waals surface area (Å²) in [6.07, 6.45) is 0. The molecule has 1 aromatic carbocycles. The number of nitriles is 1. The highest BCUT2D eigenvalue weighted by Gasteiger charge is 2.33. The highest BCUT2D eigenvalue weighted by Crippen LogP contribution is 2.23. The number of carbonyl (C=O) groups is 2. The number of hydrogen-bond donors (Lipinski definition) is 0. The first kappa shape index (κ1) is 17.9. The molecule has 1 aliphatic rings. The zero-order valence-corrected chi connectivity index (χ0v) is 13.9. The van der Waals surface area contributed by atoms with Crippen molar-refractivity contribution in [3.8, 4) is 6.07 Å². The summed E-state index contributed by atoms with van der Waals surface area (Å²) in [6, 6.07) is 8.90. The van der Waals surface area contributed by atoms with Crippen molar-refractivity contribution in [2.75, 3.05) is 44.9 Å². The Kier molecular flexibility index (Phi) is 6.29. The molecule has 1 saturated heterocycles. The Morgan fingerprint density at radius 2 is 2.12 bits per heavy atom. The fraction of sp³-hybridized carbons (Fsp3) is 0.471. The van der Waals surface area contributed by atoms with Crippen LogP contribution < -0.4 is 4.90 Å². The van der Waals surface area contributed by atoms with Crippen LogP contribution in [0.15, 0.2) is 24.3 Å². The summed E-state index contributed by atoms with van der Waals surface area (Å²) in [6.45, 7) is 2.88. The summed E-state index contributed by atoms with van der Waals surface area (Å²) in [7, 11) is 1.56. The van der Waals surface area contributed by atoms with Gasteiger partial charge in [-0.05, 0) is 19.1 Å². The van der Waals surface area contributed by atoms with Crippen LogP contribution in [0.5, 0.6) is 0 Å². The van der Waals surface area contributed by atoms with Crippen LogP contribution >= 0.6 is 0 Å². The molecule has 0 unspecified atom stereocenters. The van der Waals surface area contributed by atoms with Crippen LogP contribution in [0.25, 0.3) is 0 Å². The maximum Gasteiger partial charge on any atom is 0.249 e. The van der Waals surface area contributed by atoms with Crippen molar-refractivity contribution in [1.82, 2.24) is 4.90 Å². The molecule has 0 N–H and O–H groups in total. The number of para-hydroxylation sites is 1. The van der Waals surface area contributed by atoms with Gasteiger partial charge in [0.15, 0.2) is 0 Å². The molecule has 24 heavy (non-hydrogen) atoms. The minimum atomic E-state index is -0.222. The molecule has 0 saturated carbocycles. The lowest BCUT2D eigenvalue weighted by atomic mass is 10.1. The van der Waals surface area contributed by atoms with E-state index in [1.165, 1.54) is 4.90 Å². The van der Waals surface area contributed by atoms with Crippen molar-refractivity contribution >= 4 is 17.5 Å². The van der Waals surface area contributed by atoms with Gasteiger partial charge in [-0.3, -0.25) is 9.59 Å². The Morgan fingerprint density at radius 3 is 2.83 bits per heavy atom. The first-order valence-corrected chi connectivity index (χ1v) is 7.74. The van der Waals surface area contributed by atoms with E-state index in [0.29, 0.717) is 31.0 Å². The van der Waals surface area contributed by atoms with Gasteiger partial charge >= 0.3 is 0 Å². The topological polar surface area (TPSA) is 82.9 Å². The molecule has 1 aliphatic heterocycles. The Bertz CT molecular complexity index is 641. The molecule has 0 aliphatic carbocycles. The van der Waals surface area contributed by atoms with Crippen LogP contribution in [0.3, 0.4) is 0 Å². The lowest BCUT2D eigenvalue weighted by Crippen LogP contribution is -2.58. The zero-order chi connectivity index (χ0) is 17.5. The molecule has 7 heteroatoms. The van der Waals surface area contributed by atoms with Gasteiger partial charge in [-0.2, -0.15) is 5.26 Å². The van der Waals surface area contributed by atoms with E-state index in [1.54, 1.807) is 36.3 Å². The molecule has 0 radical (unpaired) electrons. The Labute approximate surface area is 141 Å². The third-order valence-electron chi connectivity index (χ3n) is 3.88. The second-order valence-corrected chi connectivity index (χ2v) is 5.55. The van der Waals surface area contributed by atoms with Gasteiger partial charge in [-0.25, -0.2) is 0 Å². The van der Waals surface area contributed by atoms with Gasteiger partial charge in [0.05, 0.1) is 24.5 Å². The predicted octanol–water partition coefficient (Wildman–Crippen LogP) is 0.785. The van der Waals surface area contributed by atoms with Gasteiger partial charge < -0.3 is 19.3 Å².